The highest BCUT2D eigenvalue weighted by Crippen LogP contribution is 2.34. The van der Waals surface area contributed by atoms with E-state index < -0.39 is 15.9 Å². The minimum absolute atomic E-state index is 0.0147. The van der Waals surface area contributed by atoms with Crippen LogP contribution in [0.25, 0.3) is 0 Å². The quantitative estimate of drug-likeness (QED) is 0.768. The fraction of sp³-hybridized carbons (Fsp3) is 0.381. The van der Waals surface area contributed by atoms with Crippen molar-refractivity contribution in [1.82, 2.24) is 4.90 Å². The third-order valence-corrected chi connectivity index (χ3v) is 7.88. The summed E-state index contributed by atoms with van der Waals surface area (Å²) in [7, 11) is -3.22. The van der Waals surface area contributed by atoms with Crippen molar-refractivity contribution in [2.45, 2.75) is 32.5 Å². The van der Waals surface area contributed by atoms with E-state index in [1.54, 1.807) is 11.0 Å². The van der Waals surface area contributed by atoms with Crippen molar-refractivity contribution in [2.24, 2.45) is 0 Å². The summed E-state index contributed by atoms with van der Waals surface area (Å²) in [5.41, 5.74) is 3.85. The second-order valence-electron chi connectivity index (χ2n) is 7.74. The van der Waals surface area contributed by atoms with E-state index in [1.165, 1.54) is 0 Å². The van der Waals surface area contributed by atoms with Crippen molar-refractivity contribution >= 4 is 33.0 Å². The molecule has 28 heavy (non-hydrogen) atoms. The van der Waals surface area contributed by atoms with Gasteiger partial charge in [0.2, 0.25) is 5.91 Å². The number of halogens is 1. The van der Waals surface area contributed by atoms with Crippen molar-refractivity contribution in [3.63, 3.8) is 0 Å². The number of nitrogens with zero attached hydrogens (tertiary/aromatic N) is 2. The highest BCUT2D eigenvalue weighted by atomic mass is 35.5. The highest BCUT2D eigenvalue weighted by Gasteiger charge is 2.49. The summed E-state index contributed by atoms with van der Waals surface area (Å²) in [5, 5.41) is 0.574. The molecule has 5 nitrogen and oxygen atoms in total. The van der Waals surface area contributed by atoms with Crippen LogP contribution in [0.4, 0.5) is 5.69 Å². The minimum atomic E-state index is -3.22. The van der Waals surface area contributed by atoms with Gasteiger partial charge in [-0.1, -0.05) is 41.9 Å². The number of sulfone groups is 1. The molecule has 0 bridgehead atoms. The summed E-state index contributed by atoms with van der Waals surface area (Å²) in [6, 6.07) is 12.9. The van der Waals surface area contributed by atoms with Gasteiger partial charge in [-0.25, -0.2) is 8.42 Å². The Hall–Kier alpha value is -1.89. The first kappa shape index (κ1) is 19.4. The Morgan fingerprint density at radius 1 is 1.04 bits per heavy atom. The zero-order valence-corrected chi connectivity index (χ0v) is 17.5. The Balaban J connectivity index is 1.69. The van der Waals surface area contributed by atoms with Crippen molar-refractivity contribution in [1.29, 1.82) is 0 Å². The summed E-state index contributed by atoms with van der Waals surface area (Å²) in [5.74, 6) is -0.0293. The molecule has 2 aliphatic rings. The fourth-order valence-corrected chi connectivity index (χ4v) is 6.36. The van der Waals surface area contributed by atoms with E-state index >= 15 is 0 Å². The molecule has 0 aromatic heterocycles. The monoisotopic (exact) mass is 418 g/mol. The first-order valence-corrected chi connectivity index (χ1v) is 11.5. The predicted octanol–water partition coefficient (Wildman–Crippen LogP) is 2.97. The summed E-state index contributed by atoms with van der Waals surface area (Å²) in [4.78, 5) is 16.7. The second-order valence-corrected chi connectivity index (χ2v) is 10.3. The number of fused-ring (bicyclic) bond motifs is 1. The van der Waals surface area contributed by atoms with Crippen LogP contribution < -0.4 is 4.90 Å². The first-order chi connectivity index (χ1) is 13.2. The lowest BCUT2D eigenvalue weighted by Crippen LogP contribution is -2.61. The number of carbonyl (C=O) groups excluding carboxylic acids is 1. The van der Waals surface area contributed by atoms with Gasteiger partial charge in [0.25, 0.3) is 0 Å². The number of rotatable bonds is 3. The number of piperazine rings is 1. The number of hydrogen-bond donors (Lipinski definition) is 0. The van der Waals surface area contributed by atoms with E-state index in [0.29, 0.717) is 17.3 Å². The summed E-state index contributed by atoms with van der Waals surface area (Å²) in [6.45, 7) is 4.69. The molecule has 2 unspecified atom stereocenters. The number of aryl methyl sites for hydroxylation is 2. The number of hydrogen-bond acceptors (Lipinski definition) is 4. The number of anilines is 1. The first-order valence-electron chi connectivity index (χ1n) is 9.32. The Kier molecular flexibility index (Phi) is 4.98. The van der Waals surface area contributed by atoms with Gasteiger partial charge in [0.15, 0.2) is 9.84 Å². The van der Waals surface area contributed by atoms with Crippen LogP contribution >= 0.6 is 11.6 Å². The van der Waals surface area contributed by atoms with Gasteiger partial charge in [0.1, 0.15) is 0 Å². The van der Waals surface area contributed by atoms with Gasteiger partial charge in [-0.05, 0) is 42.7 Å². The molecule has 0 saturated carbocycles. The van der Waals surface area contributed by atoms with Gasteiger partial charge in [-0.3, -0.25) is 9.69 Å². The minimum Gasteiger partial charge on any atom is -0.306 e. The maximum absolute atomic E-state index is 13.1. The zero-order valence-electron chi connectivity index (χ0n) is 15.9. The van der Waals surface area contributed by atoms with Gasteiger partial charge in [0, 0.05) is 23.3 Å². The van der Waals surface area contributed by atoms with Crippen LogP contribution in [-0.4, -0.2) is 49.4 Å². The van der Waals surface area contributed by atoms with Gasteiger partial charge in [-0.2, -0.15) is 0 Å². The maximum Gasteiger partial charge on any atom is 0.241 e. The molecule has 2 aromatic carbocycles. The van der Waals surface area contributed by atoms with Crippen molar-refractivity contribution < 1.29 is 13.2 Å². The van der Waals surface area contributed by atoms with Crippen LogP contribution in [-0.2, 0) is 21.2 Å². The number of carbonyl (C=O) groups is 1. The van der Waals surface area contributed by atoms with Crippen LogP contribution in [0.15, 0.2) is 42.5 Å². The van der Waals surface area contributed by atoms with Crippen LogP contribution in [0.3, 0.4) is 0 Å². The molecule has 1 amide bonds. The van der Waals surface area contributed by atoms with Crippen LogP contribution in [0, 0.1) is 13.8 Å². The lowest BCUT2D eigenvalue weighted by molar-refractivity contribution is -0.123. The van der Waals surface area contributed by atoms with Gasteiger partial charge in [-0.15, -0.1) is 0 Å². The largest absolute Gasteiger partial charge is 0.306 e. The molecule has 148 valence electrons. The van der Waals surface area contributed by atoms with E-state index in [2.05, 4.69) is 0 Å². The van der Waals surface area contributed by atoms with Gasteiger partial charge < -0.3 is 4.90 Å². The standard InChI is InChI=1S/C21H23ClN2O3S/c1-14-5-3-4-6-16(14)10-23-11-21(25)24(17-8-7-15(2)18(22)9-17)20-13-28(26,27)12-19(20)23/h3-9,19-20H,10-13H2,1-2H3. The van der Waals surface area contributed by atoms with E-state index in [1.807, 2.05) is 55.1 Å². The molecule has 0 spiro atoms. The Labute approximate surface area is 170 Å². The van der Waals surface area contributed by atoms with Gasteiger partial charge >= 0.3 is 0 Å². The van der Waals surface area contributed by atoms with Crippen molar-refractivity contribution in [3.8, 4) is 0 Å². The smallest absolute Gasteiger partial charge is 0.241 e. The molecule has 2 saturated heterocycles. The topological polar surface area (TPSA) is 57.7 Å². The van der Waals surface area contributed by atoms with Crippen molar-refractivity contribution in [2.75, 3.05) is 23.0 Å². The summed E-state index contributed by atoms with van der Waals surface area (Å²) >= 11 is 6.27. The lowest BCUT2D eigenvalue weighted by Gasteiger charge is -2.43. The predicted molar refractivity (Wildman–Crippen MR) is 111 cm³/mol. The van der Waals surface area contributed by atoms with Crippen molar-refractivity contribution in [3.05, 3.63) is 64.2 Å². The Morgan fingerprint density at radius 2 is 1.75 bits per heavy atom. The van der Waals surface area contributed by atoms with Crippen LogP contribution in [0.5, 0.6) is 0 Å². The maximum atomic E-state index is 13.1. The van der Waals surface area contributed by atoms with E-state index in [-0.39, 0.29) is 30.0 Å². The lowest BCUT2D eigenvalue weighted by atomic mass is 10.0. The highest BCUT2D eigenvalue weighted by molar-refractivity contribution is 7.91. The molecular weight excluding hydrogens is 396 g/mol. The summed E-state index contributed by atoms with van der Waals surface area (Å²) in [6.07, 6.45) is 0. The Morgan fingerprint density at radius 3 is 2.46 bits per heavy atom. The van der Waals surface area contributed by atoms with E-state index in [4.69, 9.17) is 11.6 Å². The average Bonchev–Trinajstić information content (AvgIpc) is 2.95. The average molecular weight is 419 g/mol. The molecule has 2 aliphatic heterocycles. The molecule has 4 rings (SSSR count). The van der Waals surface area contributed by atoms with E-state index in [9.17, 15) is 13.2 Å². The van der Waals surface area contributed by atoms with Crippen LogP contribution in [0.1, 0.15) is 16.7 Å². The third-order valence-electron chi connectivity index (χ3n) is 5.77. The van der Waals surface area contributed by atoms with Gasteiger partial charge in [0.05, 0.1) is 24.1 Å². The molecule has 0 N–H and O–H groups in total. The summed E-state index contributed by atoms with van der Waals surface area (Å²) < 4.78 is 25.0. The molecule has 2 atom stereocenters. The normalized spacial score (nSPS) is 24.4. The molecular formula is C21H23ClN2O3S. The SMILES string of the molecule is Cc1ccc(N2C(=O)CN(Cc3ccccc3C)C3CS(=O)(=O)CC32)cc1Cl. The molecule has 2 fully saturated rings. The van der Waals surface area contributed by atoms with Crippen LogP contribution in [0.2, 0.25) is 5.02 Å². The molecule has 2 heterocycles. The molecule has 0 aliphatic carbocycles. The Bertz CT molecular complexity index is 1040. The third kappa shape index (κ3) is 3.56. The molecule has 2 aromatic rings. The number of benzene rings is 2. The number of amides is 1. The second kappa shape index (κ2) is 7.17. The van der Waals surface area contributed by atoms with E-state index in [0.717, 1.165) is 16.7 Å². The molecule has 0 radical (unpaired) electrons. The fourth-order valence-electron chi connectivity index (χ4n) is 4.20. The molecule has 7 heteroatoms. The zero-order chi connectivity index (χ0) is 20.1.